The first-order chi connectivity index (χ1) is 10.2. The van der Waals surface area contributed by atoms with E-state index in [1.54, 1.807) is 13.0 Å². The van der Waals surface area contributed by atoms with Crippen LogP contribution in [0, 0.1) is 12.8 Å². The molecule has 0 saturated carbocycles. The number of aryl methyl sites for hydroxylation is 1. The lowest BCUT2D eigenvalue weighted by atomic mass is 9.94. The van der Waals surface area contributed by atoms with Gasteiger partial charge in [0.05, 0.1) is 6.04 Å². The van der Waals surface area contributed by atoms with Gasteiger partial charge in [-0.3, -0.25) is 4.79 Å². The van der Waals surface area contributed by atoms with Crippen molar-refractivity contribution in [1.82, 2.24) is 15.8 Å². The number of carbonyl (C=O) groups is 1. The van der Waals surface area contributed by atoms with Crippen molar-refractivity contribution in [2.45, 2.75) is 18.9 Å². The Balaban J connectivity index is 0.00000144. The molecule has 6 heteroatoms. The van der Waals surface area contributed by atoms with Crippen molar-refractivity contribution < 1.29 is 9.32 Å². The van der Waals surface area contributed by atoms with Gasteiger partial charge in [0.25, 0.3) is 5.91 Å². The van der Waals surface area contributed by atoms with E-state index >= 15 is 0 Å². The fraction of sp³-hybridized carbons (Fsp3) is 0.375. The average Bonchev–Trinajstić information content (AvgIpc) is 3.17. The highest BCUT2D eigenvalue weighted by molar-refractivity contribution is 5.92. The van der Waals surface area contributed by atoms with Crippen molar-refractivity contribution in [1.29, 1.82) is 0 Å². The van der Waals surface area contributed by atoms with Crippen LogP contribution in [0.4, 0.5) is 0 Å². The van der Waals surface area contributed by atoms with Gasteiger partial charge in [-0.1, -0.05) is 29.4 Å². The molecular weight excluding hydrogens is 302 g/mol. The van der Waals surface area contributed by atoms with Crippen LogP contribution in [-0.2, 0) is 0 Å². The monoisotopic (exact) mass is 319 g/mol. The summed E-state index contributed by atoms with van der Waals surface area (Å²) in [5.74, 6) is 1.39. The smallest absolute Gasteiger partial charge is 0.273 e. The molecule has 0 radical (unpaired) electrons. The van der Waals surface area contributed by atoms with E-state index < -0.39 is 0 Å². The SMILES string of the molecule is Cc1cc(C(=O)N[C@@H]2c3ccccc3[C@@H]3CNC[C@H]23)no1.Cl. The van der Waals surface area contributed by atoms with Crippen LogP contribution in [-0.4, -0.2) is 24.2 Å². The van der Waals surface area contributed by atoms with E-state index in [4.69, 9.17) is 4.52 Å². The van der Waals surface area contributed by atoms with Gasteiger partial charge in [-0.05, 0) is 18.1 Å². The molecule has 1 fully saturated rings. The van der Waals surface area contributed by atoms with Crippen LogP contribution in [0.1, 0.15) is 39.3 Å². The summed E-state index contributed by atoms with van der Waals surface area (Å²) in [5, 5.41) is 10.4. The van der Waals surface area contributed by atoms with Gasteiger partial charge < -0.3 is 15.2 Å². The van der Waals surface area contributed by atoms with E-state index in [1.165, 1.54) is 11.1 Å². The normalized spacial score (nSPS) is 25.2. The minimum Gasteiger partial charge on any atom is -0.361 e. The maximum atomic E-state index is 12.4. The van der Waals surface area contributed by atoms with Gasteiger partial charge in [0, 0.05) is 31.0 Å². The Labute approximate surface area is 134 Å². The topological polar surface area (TPSA) is 67.2 Å². The van der Waals surface area contributed by atoms with Crippen LogP contribution < -0.4 is 10.6 Å². The van der Waals surface area contributed by atoms with Crippen molar-refractivity contribution >= 4 is 18.3 Å². The molecule has 1 amide bonds. The minimum atomic E-state index is -0.167. The van der Waals surface area contributed by atoms with Crippen LogP contribution >= 0.6 is 12.4 Å². The van der Waals surface area contributed by atoms with Crippen LogP contribution in [0.2, 0.25) is 0 Å². The summed E-state index contributed by atoms with van der Waals surface area (Å²) in [6.07, 6.45) is 0. The second kappa shape index (κ2) is 5.74. The molecule has 1 aliphatic carbocycles. The van der Waals surface area contributed by atoms with Crippen molar-refractivity contribution in [3.05, 3.63) is 52.9 Å². The van der Waals surface area contributed by atoms with E-state index in [9.17, 15) is 4.79 Å². The molecule has 0 spiro atoms. The van der Waals surface area contributed by atoms with Crippen LogP contribution in [0.3, 0.4) is 0 Å². The number of rotatable bonds is 2. The number of fused-ring (bicyclic) bond motifs is 3. The molecule has 116 valence electrons. The second-order valence-electron chi connectivity index (χ2n) is 5.83. The Morgan fingerprint density at radius 1 is 1.32 bits per heavy atom. The third kappa shape index (κ3) is 2.30. The number of hydrogen-bond donors (Lipinski definition) is 2. The Bertz CT molecular complexity index is 700. The molecule has 2 aromatic rings. The molecule has 0 bridgehead atoms. The van der Waals surface area contributed by atoms with E-state index in [-0.39, 0.29) is 24.4 Å². The lowest BCUT2D eigenvalue weighted by Gasteiger charge is -2.20. The zero-order chi connectivity index (χ0) is 14.4. The maximum absolute atomic E-state index is 12.4. The highest BCUT2D eigenvalue weighted by atomic mass is 35.5. The Kier molecular flexibility index (Phi) is 3.93. The molecule has 2 N–H and O–H groups in total. The summed E-state index contributed by atoms with van der Waals surface area (Å²) < 4.78 is 4.98. The van der Waals surface area contributed by atoms with Gasteiger partial charge >= 0.3 is 0 Å². The standard InChI is InChI=1S/C16H17N3O2.ClH/c1-9-6-14(19-21-9)16(20)18-15-11-5-3-2-4-10(11)12-7-17-8-13(12)15;/h2-6,12-13,15,17H,7-8H2,1H3,(H,18,20);1H/t12-,13-,15+;/m0./s1. The van der Waals surface area contributed by atoms with Gasteiger partial charge in [0.1, 0.15) is 5.76 Å². The van der Waals surface area contributed by atoms with Gasteiger partial charge in [-0.2, -0.15) is 0 Å². The van der Waals surface area contributed by atoms with E-state index in [1.807, 2.05) is 6.07 Å². The fourth-order valence-electron chi connectivity index (χ4n) is 3.63. The van der Waals surface area contributed by atoms with Crippen molar-refractivity contribution in [3.8, 4) is 0 Å². The number of hydrogen-bond acceptors (Lipinski definition) is 4. The molecule has 1 aliphatic heterocycles. The third-order valence-electron chi connectivity index (χ3n) is 4.57. The Morgan fingerprint density at radius 2 is 2.09 bits per heavy atom. The predicted molar refractivity (Wildman–Crippen MR) is 84.2 cm³/mol. The Hall–Kier alpha value is -1.85. The molecular formula is C16H18ClN3O2. The average molecular weight is 320 g/mol. The Morgan fingerprint density at radius 3 is 2.82 bits per heavy atom. The van der Waals surface area contributed by atoms with Gasteiger partial charge in [0.15, 0.2) is 5.69 Å². The third-order valence-corrected chi connectivity index (χ3v) is 4.57. The number of nitrogens with zero attached hydrogens (tertiary/aromatic N) is 1. The van der Waals surface area contributed by atoms with Gasteiger partial charge in [-0.25, -0.2) is 0 Å². The summed E-state index contributed by atoms with van der Waals surface area (Å²) in [7, 11) is 0. The number of halogens is 1. The molecule has 1 saturated heterocycles. The largest absolute Gasteiger partial charge is 0.361 e. The summed E-state index contributed by atoms with van der Waals surface area (Å²) >= 11 is 0. The lowest BCUT2D eigenvalue weighted by Crippen LogP contribution is -2.33. The van der Waals surface area contributed by atoms with E-state index in [2.05, 4.69) is 34.0 Å². The van der Waals surface area contributed by atoms with Crippen LogP contribution in [0.5, 0.6) is 0 Å². The molecule has 1 aromatic carbocycles. The lowest BCUT2D eigenvalue weighted by molar-refractivity contribution is 0.0916. The molecule has 4 rings (SSSR count). The highest BCUT2D eigenvalue weighted by Crippen LogP contribution is 2.46. The number of nitrogens with one attached hydrogen (secondary N) is 2. The van der Waals surface area contributed by atoms with Crippen LogP contribution in [0.15, 0.2) is 34.9 Å². The van der Waals surface area contributed by atoms with E-state index in [0.717, 1.165) is 13.1 Å². The zero-order valence-corrected chi connectivity index (χ0v) is 13.0. The summed E-state index contributed by atoms with van der Waals surface area (Å²) in [5.41, 5.74) is 2.94. The highest BCUT2D eigenvalue weighted by Gasteiger charge is 2.43. The van der Waals surface area contributed by atoms with Crippen LogP contribution in [0.25, 0.3) is 0 Å². The maximum Gasteiger partial charge on any atom is 0.273 e. The molecule has 5 nitrogen and oxygen atoms in total. The molecule has 2 aliphatic rings. The van der Waals surface area contributed by atoms with Crippen molar-refractivity contribution in [3.63, 3.8) is 0 Å². The predicted octanol–water partition coefficient (Wildman–Crippen LogP) is 2.19. The molecule has 2 heterocycles. The first-order valence-electron chi connectivity index (χ1n) is 7.28. The second-order valence-corrected chi connectivity index (χ2v) is 5.83. The van der Waals surface area contributed by atoms with E-state index in [0.29, 0.717) is 23.3 Å². The fourth-order valence-corrected chi connectivity index (χ4v) is 3.63. The number of amides is 1. The summed E-state index contributed by atoms with van der Waals surface area (Å²) in [6, 6.07) is 10.1. The quantitative estimate of drug-likeness (QED) is 0.890. The number of carbonyl (C=O) groups excluding carboxylic acids is 1. The number of aromatic nitrogens is 1. The van der Waals surface area contributed by atoms with Gasteiger partial charge in [0.2, 0.25) is 0 Å². The van der Waals surface area contributed by atoms with Crippen molar-refractivity contribution in [2.24, 2.45) is 5.92 Å². The molecule has 22 heavy (non-hydrogen) atoms. The summed E-state index contributed by atoms with van der Waals surface area (Å²) in [4.78, 5) is 12.4. The first-order valence-corrected chi connectivity index (χ1v) is 7.28. The van der Waals surface area contributed by atoms with Gasteiger partial charge in [-0.15, -0.1) is 12.4 Å². The molecule has 3 atom stereocenters. The number of benzene rings is 1. The first kappa shape index (κ1) is 15.1. The minimum absolute atomic E-state index is 0. The molecule has 1 aromatic heterocycles. The zero-order valence-electron chi connectivity index (χ0n) is 12.2. The summed E-state index contributed by atoms with van der Waals surface area (Å²) in [6.45, 7) is 3.70. The van der Waals surface area contributed by atoms with Crippen molar-refractivity contribution in [2.75, 3.05) is 13.1 Å². The molecule has 0 unspecified atom stereocenters.